The molecule has 1 fully saturated rings. The maximum absolute atomic E-state index is 9.29. The molecule has 4 rings (SSSR count). The molecule has 2 heterocycles. The topological polar surface area (TPSA) is 74.5 Å². The Morgan fingerprint density at radius 2 is 2.05 bits per heavy atom. The van der Waals surface area contributed by atoms with Crippen molar-refractivity contribution in [3.05, 3.63) is 60.0 Å². The van der Waals surface area contributed by atoms with Gasteiger partial charge in [-0.25, -0.2) is 0 Å². The third kappa shape index (κ3) is 2.15. The van der Waals surface area contributed by atoms with Gasteiger partial charge in [0.05, 0.1) is 11.2 Å². The number of hydrogen-bond donors (Lipinski definition) is 1. The molecule has 1 N–H and O–H groups in total. The average Bonchev–Trinajstić information content (AvgIpc) is 3.35. The monoisotopic (exact) mass is 287 g/mol. The Labute approximate surface area is 127 Å². The van der Waals surface area contributed by atoms with Crippen molar-refractivity contribution >= 4 is 16.6 Å². The molecule has 106 valence electrons. The van der Waals surface area contributed by atoms with Gasteiger partial charge in [0.25, 0.3) is 0 Å². The van der Waals surface area contributed by atoms with Crippen molar-refractivity contribution in [1.29, 1.82) is 5.26 Å². The number of nitrogens with one attached hydrogen (secondary N) is 1. The van der Waals surface area contributed by atoms with E-state index in [1.807, 2.05) is 36.5 Å². The van der Waals surface area contributed by atoms with Gasteiger partial charge in [0.2, 0.25) is 0 Å². The number of pyridine rings is 1. The summed E-state index contributed by atoms with van der Waals surface area (Å²) in [5.41, 5.74) is 3.15. The van der Waals surface area contributed by atoms with Gasteiger partial charge in [-0.2, -0.15) is 5.26 Å². The molecular formula is C17H13N5. The molecular weight excluding hydrogens is 274 g/mol. The van der Waals surface area contributed by atoms with Gasteiger partial charge in [-0.1, -0.05) is 24.3 Å². The molecule has 5 nitrogen and oxygen atoms in total. The van der Waals surface area contributed by atoms with Crippen LogP contribution in [0.15, 0.2) is 48.8 Å². The minimum Gasteiger partial charge on any atom is -0.379 e. The quantitative estimate of drug-likeness (QED) is 0.801. The van der Waals surface area contributed by atoms with Gasteiger partial charge in [-0.15, -0.1) is 10.2 Å². The smallest absolute Gasteiger partial charge is 0.186 e. The second kappa shape index (κ2) is 5.08. The molecule has 0 spiro atoms. The molecule has 0 bridgehead atoms. The van der Waals surface area contributed by atoms with E-state index in [0.29, 0.717) is 17.7 Å². The summed E-state index contributed by atoms with van der Waals surface area (Å²) in [6.07, 6.45) is 4.72. The van der Waals surface area contributed by atoms with Crippen LogP contribution in [0.3, 0.4) is 0 Å². The number of nitriles is 1. The minimum atomic E-state index is 0.309. The van der Waals surface area contributed by atoms with E-state index in [9.17, 15) is 5.26 Å². The number of aromatic nitrogens is 3. The Balaban J connectivity index is 1.67. The van der Waals surface area contributed by atoms with Gasteiger partial charge in [0.15, 0.2) is 5.69 Å². The van der Waals surface area contributed by atoms with E-state index in [2.05, 4.69) is 32.6 Å². The van der Waals surface area contributed by atoms with E-state index in [0.717, 1.165) is 23.0 Å². The van der Waals surface area contributed by atoms with Gasteiger partial charge < -0.3 is 5.32 Å². The van der Waals surface area contributed by atoms with E-state index in [4.69, 9.17) is 0 Å². The highest BCUT2D eigenvalue weighted by atomic mass is 15.1. The first-order valence-electron chi connectivity index (χ1n) is 7.19. The number of benzene rings is 1. The normalized spacial score (nSPS) is 19.6. The number of anilines is 1. The zero-order valence-electron chi connectivity index (χ0n) is 11.8. The number of rotatable bonds is 3. The SMILES string of the molecule is N#Cc1nnc2ccccc2c1N[C@H]1C[C@@H]1c1cccnc1. The predicted molar refractivity (Wildman–Crippen MR) is 83.3 cm³/mol. The molecule has 2 aromatic heterocycles. The summed E-state index contributed by atoms with van der Waals surface area (Å²) in [5, 5.41) is 21.8. The molecule has 22 heavy (non-hydrogen) atoms. The summed E-state index contributed by atoms with van der Waals surface area (Å²) in [4.78, 5) is 4.17. The molecule has 1 aliphatic carbocycles. The predicted octanol–water partition coefficient (Wildman–Crippen LogP) is 2.86. The molecule has 2 atom stereocenters. The van der Waals surface area contributed by atoms with E-state index in [1.165, 1.54) is 5.56 Å². The summed E-state index contributed by atoms with van der Waals surface area (Å²) < 4.78 is 0. The van der Waals surface area contributed by atoms with Crippen LogP contribution in [0.25, 0.3) is 10.9 Å². The Bertz CT molecular complexity index is 869. The van der Waals surface area contributed by atoms with Gasteiger partial charge >= 0.3 is 0 Å². The fourth-order valence-corrected chi connectivity index (χ4v) is 2.78. The van der Waals surface area contributed by atoms with Crippen LogP contribution < -0.4 is 5.32 Å². The van der Waals surface area contributed by atoms with Crippen molar-refractivity contribution < 1.29 is 0 Å². The fraction of sp³-hybridized carbons (Fsp3) is 0.176. The second-order valence-corrected chi connectivity index (χ2v) is 5.43. The highest BCUT2D eigenvalue weighted by molar-refractivity contribution is 5.93. The lowest BCUT2D eigenvalue weighted by Gasteiger charge is -2.10. The van der Waals surface area contributed by atoms with E-state index in [-0.39, 0.29) is 0 Å². The molecule has 3 aromatic rings. The summed E-state index contributed by atoms with van der Waals surface area (Å²) >= 11 is 0. The van der Waals surface area contributed by atoms with Crippen LogP contribution >= 0.6 is 0 Å². The van der Waals surface area contributed by atoms with Crippen molar-refractivity contribution in [2.45, 2.75) is 18.4 Å². The summed E-state index contributed by atoms with van der Waals surface area (Å²) in [6.45, 7) is 0. The zero-order valence-corrected chi connectivity index (χ0v) is 11.8. The molecule has 0 amide bonds. The molecule has 1 aliphatic rings. The molecule has 5 heteroatoms. The van der Waals surface area contributed by atoms with E-state index in [1.54, 1.807) is 6.20 Å². The lowest BCUT2D eigenvalue weighted by molar-refractivity contribution is 1.01. The van der Waals surface area contributed by atoms with Crippen molar-refractivity contribution in [3.63, 3.8) is 0 Å². The van der Waals surface area contributed by atoms with Gasteiger partial charge in [-0.05, 0) is 24.1 Å². The lowest BCUT2D eigenvalue weighted by Crippen LogP contribution is -2.08. The third-order valence-corrected chi connectivity index (χ3v) is 4.01. The minimum absolute atomic E-state index is 0.309. The maximum atomic E-state index is 9.29. The van der Waals surface area contributed by atoms with Crippen molar-refractivity contribution in [1.82, 2.24) is 15.2 Å². The van der Waals surface area contributed by atoms with E-state index < -0.39 is 0 Å². The zero-order chi connectivity index (χ0) is 14.9. The molecule has 0 unspecified atom stereocenters. The standard InChI is InChI=1S/C17H13N5/c18-9-16-17(12-5-1-2-6-14(12)21-22-16)20-15-8-13(15)11-4-3-7-19-10-11/h1-7,10,13,15H,8H2,(H,20,21)/t13-,15+/m1/s1. The van der Waals surface area contributed by atoms with Crippen molar-refractivity contribution in [2.24, 2.45) is 0 Å². The van der Waals surface area contributed by atoms with Crippen LogP contribution in [-0.2, 0) is 0 Å². The largest absolute Gasteiger partial charge is 0.379 e. The lowest BCUT2D eigenvalue weighted by atomic mass is 10.1. The van der Waals surface area contributed by atoms with Crippen LogP contribution in [-0.4, -0.2) is 21.2 Å². The van der Waals surface area contributed by atoms with Gasteiger partial charge in [-0.3, -0.25) is 4.98 Å². The van der Waals surface area contributed by atoms with Crippen LogP contribution in [0.4, 0.5) is 5.69 Å². The fourth-order valence-electron chi connectivity index (χ4n) is 2.78. The second-order valence-electron chi connectivity index (χ2n) is 5.43. The number of nitrogens with zero attached hydrogens (tertiary/aromatic N) is 4. The molecule has 0 saturated heterocycles. The summed E-state index contributed by atoms with van der Waals surface area (Å²) in [5.74, 6) is 0.437. The third-order valence-electron chi connectivity index (χ3n) is 4.01. The highest BCUT2D eigenvalue weighted by Crippen LogP contribution is 2.43. The Morgan fingerprint density at radius 3 is 2.86 bits per heavy atom. The molecule has 1 saturated carbocycles. The Kier molecular flexibility index (Phi) is 2.94. The Hall–Kier alpha value is -3.00. The van der Waals surface area contributed by atoms with Gasteiger partial charge in [0.1, 0.15) is 6.07 Å². The summed E-state index contributed by atoms with van der Waals surface area (Å²) in [7, 11) is 0. The number of hydrogen-bond acceptors (Lipinski definition) is 5. The van der Waals surface area contributed by atoms with Crippen molar-refractivity contribution in [3.8, 4) is 6.07 Å². The maximum Gasteiger partial charge on any atom is 0.186 e. The van der Waals surface area contributed by atoms with Crippen LogP contribution in [0.5, 0.6) is 0 Å². The highest BCUT2D eigenvalue weighted by Gasteiger charge is 2.39. The molecule has 0 aliphatic heterocycles. The van der Waals surface area contributed by atoms with Crippen LogP contribution in [0.1, 0.15) is 23.6 Å². The van der Waals surface area contributed by atoms with Gasteiger partial charge in [0, 0.05) is 29.7 Å². The molecule has 1 aromatic carbocycles. The Morgan fingerprint density at radius 1 is 1.14 bits per heavy atom. The van der Waals surface area contributed by atoms with Crippen molar-refractivity contribution in [2.75, 3.05) is 5.32 Å². The number of fused-ring (bicyclic) bond motifs is 1. The average molecular weight is 287 g/mol. The summed E-state index contributed by atoms with van der Waals surface area (Å²) in [6, 6.07) is 14.2. The van der Waals surface area contributed by atoms with Crippen LogP contribution in [0.2, 0.25) is 0 Å². The first-order chi connectivity index (χ1) is 10.9. The first-order valence-corrected chi connectivity index (χ1v) is 7.19. The molecule has 0 radical (unpaired) electrons. The van der Waals surface area contributed by atoms with E-state index >= 15 is 0 Å². The first kappa shape index (κ1) is 12.7. The van der Waals surface area contributed by atoms with Crippen LogP contribution in [0, 0.1) is 11.3 Å².